The van der Waals surface area contributed by atoms with Crippen LogP contribution in [0.1, 0.15) is 28.3 Å². The maximum atomic E-state index is 13.0. The van der Waals surface area contributed by atoms with Gasteiger partial charge in [-0.25, -0.2) is 9.97 Å². The fraction of sp³-hybridized carbons (Fsp3) is 0.211. The highest BCUT2D eigenvalue weighted by atomic mass is 32.1. The second-order valence-electron chi connectivity index (χ2n) is 5.88. The van der Waals surface area contributed by atoms with Crippen molar-refractivity contribution in [2.24, 2.45) is 0 Å². The van der Waals surface area contributed by atoms with Crippen molar-refractivity contribution in [2.45, 2.75) is 26.6 Å². The number of alkyl halides is 3. The molecule has 0 aliphatic heterocycles. The van der Waals surface area contributed by atoms with Gasteiger partial charge in [-0.2, -0.15) is 13.2 Å². The Bertz CT molecular complexity index is 1090. The van der Waals surface area contributed by atoms with Gasteiger partial charge in [0.15, 0.2) is 11.5 Å². The number of nitrogens with zero attached hydrogens (tertiary/aromatic N) is 3. The van der Waals surface area contributed by atoms with E-state index in [1.165, 1.54) is 13.0 Å². The highest BCUT2D eigenvalue weighted by Crippen LogP contribution is 2.37. The first-order valence-corrected chi connectivity index (χ1v) is 9.15. The number of carbonyl (C=O) groups is 1. The van der Waals surface area contributed by atoms with Gasteiger partial charge in [-0.1, -0.05) is 12.1 Å². The summed E-state index contributed by atoms with van der Waals surface area (Å²) in [4.78, 5) is 19.5. The van der Waals surface area contributed by atoms with Gasteiger partial charge < -0.3 is 9.67 Å². The Balaban J connectivity index is 1.88. The van der Waals surface area contributed by atoms with Crippen LogP contribution in [-0.4, -0.2) is 25.4 Å². The first-order valence-electron chi connectivity index (χ1n) is 8.33. The van der Waals surface area contributed by atoms with Crippen molar-refractivity contribution < 1.29 is 23.1 Å². The molecule has 0 fully saturated rings. The van der Waals surface area contributed by atoms with Crippen LogP contribution in [0.3, 0.4) is 0 Å². The molecule has 3 rings (SSSR count). The van der Waals surface area contributed by atoms with Crippen LogP contribution >= 0.6 is 11.3 Å². The molecule has 5 nitrogen and oxygen atoms in total. The number of halogens is 3. The minimum atomic E-state index is -4.72. The fourth-order valence-electron chi connectivity index (χ4n) is 2.75. The number of ketones is 1. The number of allylic oxidation sites excluding steroid dienone is 2. The molecule has 146 valence electrons. The van der Waals surface area contributed by atoms with Gasteiger partial charge in [0.25, 0.3) is 0 Å². The number of aliphatic hydroxyl groups is 1. The van der Waals surface area contributed by atoms with Crippen molar-refractivity contribution in [2.75, 3.05) is 0 Å². The number of benzene rings is 1. The standard InChI is InChI=1S/C19H16F3N3O2S/c1-3-25-14-7-5-4-6-13(14)24-16(25)9-8-12(26)10-15(27)17-18(19(20,21)22)23-11(2)28-17/h4-10,27H,3H2,1-2H3/b9-8+,15-10-. The summed E-state index contributed by atoms with van der Waals surface area (Å²) in [6, 6.07) is 7.48. The smallest absolute Gasteiger partial charge is 0.434 e. The van der Waals surface area contributed by atoms with Crippen LogP contribution in [-0.2, 0) is 17.5 Å². The fourth-order valence-corrected chi connectivity index (χ4v) is 3.61. The zero-order valence-electron chi connectivity index (χ0n) is 15.0. The third-order valence-electron chi connectivity index (χ3n) is 3.91. The summed E-state index contributed by atoms with van der Waals surface area (Å²) in [5.41, 5.74) is 0.476. The molecule has 0 amide bonds. The number of para-hydroxylation sites is 2. The van der Waals surface area contributed by atoms with Crippen molar-refractivity contribution in [3.05, 3.63) is 57.8 Å². The maximum absolute atomic E-state index is 13.0. The Kier molecular flexibility index (Phi) is 5.37. The van der Waals surface area contributed by atoms with E-state index in [1.807, 2.05) is 35.8 Å². The summed E-state index contributed by atoms with van der Waals surface area (Å²) >= 11 is 0.673. The molecule has 0 radical (unpaired) electrons. The van der Waals surface area contributed by atoms with E-state index >= 15 is 0 Å². The number of hydrogen-bond acceptors (Lipinski definition) is 5. The van der Waals surface area contributed by atoms with Gasteiger partial charge in [0.05, 0.1) is 16.0 Å². The molecule has 2 aromatic heterocycles. The number of aryl methyl sites for hydroxylation is 2. The molecule has 1 N–H and O–H groups in total. The van der Waals surface area contributed by atoms with Gasteiger partial charge in [0.2, 0.25) is 0 Å². The van der Waals surface area contributed by atoms with E-state index in [0.29, 0.717) is 23.7 Å². The van der Waals surface area contributed by atoms with Gasteiger partial charge in [-0.05, 0) is 38.1 Å². The molecule has 28 heavy (non-hydrogen) atoms. The first kappa shape index (κ1) is 19.8. The monoisotopic (exact) mass is 407 g/mol. The molecule has 0 bridgehead atoms. The van der Waals surface area contributed by atoms with E-state index < -0.39 is 28.3 Å². The third kappa shape index (κ3) is 3.99. The minimum absolute atomic E-state index is 0.141. The average molecular weight is 407 g/mol. The predicted octanol–water partition coefficient (Wildman–Crippen LogP) is 5.02. The molecule has 0 aliphatic carbocycles. The molecular weight excluding hydrogens is 391 g/mol. The number of aromatic nitrogens is 3. The molecule has 0 atom stereocenters. The molecule has 1 aromatic carbocycles. The quantitative estimate of drug-likeness (QED) is 0.476. The lowest BCUT2D eigenvalue weighted by atomic mass is 10.2. The maximum Gasteiger partial charge on any atom is 0.434 e. The van der Waals surface area contributed by atoms with Crippen molar-refractivity contribution in [3.63, 3.8) is 0 Å². The van der Waals surface area contributed by atoms with Gasteiger partial charge in [-0.3, -0.25) is 4.79 Å². The van der Waals surface area contributed by atoms with Crippen LogP contribution in [0.25, 0.3) is 22.9 Å². The lowest BCUT2D eigenvalue weighted by Crippen LogP contribution is -2.08. The molecule has 9 heteroatoms. The van der Waals surface area contributed by atoms with Crippen LogP contribution in [0.5, 0.6) is 0 Å². The number of hydrogen-bond donors (Lipinski definition) is 1. The number of thiazole rings is 1. The highest BCUT2D eigenvalue weighted by molar-refractivity contribution is 7.12. The summed E-state index contributed by atoms with van der Waals surface area (Å²) in [5, 5.41) is 10.2. The van der Waals surface area contributed by atoms with E-state index in [1.54, 1.807) is 0 Å². The topological polar surface area (TPSA) is 68.0 Å². The first-order chi connectivity index (χ1) is 13.2. The molecule has 0 saturated heterocycles. The molecular formula is C19H16F3N3O2S. The van der Waals surface area contributed by atoms with E-state index in [4.69, 9.17) is 0 Å². The molecule has 0 saturated carbocycles. The van der Waals surface area contributed by atoms with Crippen molar-refractivity contribution in [1.82, 2.24) is 14.5 Å². The van der Waals surface area contributed by atoms with E-state index in [-0.39, 0.29) is 5.01 Å². The summed E-state index contributed by atoms with van der Waals surface area (Å²) in [6.07, 6.45) is -1.34. The SMILES string of the molecule is CCn1c(/C=C/C(=O)/C=C(\O)c2sc(C)nc2C(F)(F)F)nc2ccccc21. The van der Waals surface area contributed by atoms with Crippen LogP contribution in [0.2, 0.25) is 0 Å². The van der Waals surface area contributed by atoms with Crippen LogP contribution in [0.15, 0.2) is 36.4 Å². The number of imidazole rings is 1. The van der Waals surface area contributed by atoms with Crippen LogP contribution in [0.4, 0.5) is 13.2 Å². The largest absolute Gasteiger partial charge is 0.506 e. The van der Waals surface area contributed by atoms with Crippen LogP contribution < -0.4 is 0 Å². The average Bonchev–Trinajstić information content (AvgIpc) is 3.19. The Hall–Kier alpha value is -2.94. The number of fused-ring (bicyclic) bond motifs is 1. The van der Waals surface area contributed by atoms with Crippen molar-refractivity contribution in [3.8, 4) is 0 Å². The Morgan fingerprint density at radius 1 is 1.29 bits per heavy atom. The van der Waals surface area contributed by atoms with E-state index in [0.717, 1.165) is 23.2 Å². The van der Waals surface area contributed by atoms with Crippen molar-refractivity contribution in [1.29, 1.82) is 0 Å². The molecule has 0 spiro atoms. The van der Waals surface area contributed by atoms with Crippen LogP contribution in [0, 0.1) is 6.92 Å². The van der Waals surface area contributed by atoms with Gasteiger partial charge >= 0.3 is 6.18 Å². The molecule has 0 unspecified atom stereocenters. The second-order valence-corrected chi connectivity index (χ2v) is 7.08. The molecule has 0 aliphatic rings. The lowest BCUT2D eigenvalue weighted by Gasteiger charge is -2.05. The number of aliphatic hydroxyl groups excluding tert-OH is 1. The molecule has 3 aromatic rings. The van der Waals surface area contributed by atoms with E-state index in [9.17, 15) is 23.1 Å². The molecule has 2 heterocycles. The summed E-state index contributed by atoms with van der Waals surface area (Å²) < 4.78 is 40.9. The Morgan fingerprint density at radius 2 is 2.00 bits per heavy atom. The number of carbonyl (C=O) groups excluding carboxylic acids is 1. The highest BCUT2D eigenvalue weighted by Gasteiger charge is 2.38. The van der Waals surface area contributed by atoms with Gasteiger partial charge in [0.1, 0.15) is 16.5 Å². The predicted molar refractivity (Wildman–Crippen MR) is 102 cm³/mol. The van der Waals surface area contributed by atoms with Gasteiger partial charge in [-0.15, -0.1) is 11.3 Å². The minimum Gasteiger partial charge on any atom is -0.506 e. The van der Waals surface area contributed by atoms with Crippen molar-refractivity contribution >= 4 is 40.0 Å². The second kappa shape index (κ2) is 7.59. The summed E-state index contributed by atoms with van der Waals surface area (Å²) in [6.45, 7) is 3.96. The third-order valence-corrected chi connectivity index (χ3v) is 4.90. The Morgan fingerprint density at radius 3 is 2.68 bits per heavy atom. The summed E-state index contributed by atoms with van der Waals surface area (Å²) in [5.74, 6) is -0.891. The number of rotatable bonds is 5. The normalized spacial score (nSPS) is 13.0. The van der Waals surface area contributed by atoms with E-state index in [2.05, 4.69) is 9.97 Å². The lowest BCUT2D eigenvalue weighted by molar-refractivity contribution is -0.141. The Labute approximate surface area is 162 Å². The zero-order chi connectivity index (χ0) is 20.5. The zero-order valence-corrected chi connectivity index (χ0v) is 15.8. The summed E-state index contributed by atoms with van der Waals surface area (Å²) in [7, 11) is 0. The van der Waals surface area contributed by atoms with Gasteiger partial charge in [0, 0.05) is 12.6 Å².